The van der Waals surface area contributed by atoms with Gasteiger partial charge in [0, 0.05) is 11.8 Å². The van der Waals surface area contributed by atoms with Crippen molar-refractivity contribution in [2.45, 2.75) is 19.1 Å². The van der Waals surface area contributed by atoms with E-state index in [0.29, 0.717) is 22.5 Å². The second-order valence-corrected chi connectivity index (χ2v) is 5.67. The number of nitrogens with one attached hydrogen (secondary N) is 1. The average Bonchev–Trinajstić information content (AvgIpc) is 2.70. The predicted molar refractivity (Wildman–Crippen MR) is 67.4 cm³/mol. The molecule has 1 nitrogen and oxygen atoms in total. The number of thiol groups is 1. The van der Waals surface area contributed by atoms with Gasteiger partial charge in [0.05, 0.1) is 0 Å². The SMILES string of the molecule is C/C=C\C1C2/C=C/SNCC(S)C12C. The van der Waals surface area contributed by atoms with Crippen LogP contribution in [0.25, 0.3) is 0 Å². The minimum atomic E-state index is 0.361. The Labute approximate surface area is 96.0 Å². The highest BCUT2D eigenvalue weighted by Gasteiger charge is 2.61. The van der Waals surface area contributed by atoms with Crippen LogP contribution in [0.3, 0.4) is 0 Å². The highest BCUT2D eigenvalue weighted by atomic mass is 32.2. The Morgan fingerprint density at radius 1 is 1.64 bits per heavy atom. The van der Waals surface area contributed by atoms with Crippen LogP contribution in [0.15, 0.2) is 23.6 Å². The normalized spacial score (nSPS) is 49.5. The molecule has 0 amide bonds. The Morgan fingerprint density at radius 3 is 3.14 bits per heavy atom. The number of allylic oxidation sites excluding steroid dienone is 3. The minimum Gasteiger partial charge on any atom is -0.259 e. The summed E-state index contributed by atoms with van der Waals surface area (Å²) in [5.74, 6) is 1.38. The first-order valence-electron chi connectivity index (χ1n) is 5.07. The largest absolute Gasteiger partial charge is 0.259 e. The number of fused-ring (bicyclic) bond motifs is 1. The van der Waals surface area contributed by atoms with Gasteiger partial charge in [0.15, 0.2) is 0 Å². The van der Waals surface area contributed by atoms with Gasteiger partial charge in [-0.2, -0.15) is 12.6 Å². The Hall–Kier alpha value is 0.140. The van der Waals surface area contributed by atoms with Gasteiger partial charge in [-0.15, -0.1) is 0 Å². The van der Waals surface area contributed by atoms with Gasteiger partial charge in [-0.3, -0.25) is 4.72 Å². The molecule has 4 atom stereocenters. The third-order valence-electron chi connectivity index (χ3n) is 3.55. The molecule has 0 aromatic rings. The van der Waals surface area contributed by atoms with Gasteiger partial charge in [0.1, 0.15) is 0 Å². The lowest BCUT2D eigenvalue weighted by Crippen LogP contribution is -2.27. The Morgan fingerprint density at radius 2 is 2.43 bits per heavy atom. The van der Waals surface area contributed by atoms with E-state index in [1.165, 1.54) is 0 Å². The number of rotatable bonds is 1. The van der Waals surface area contributed by atoms with E-state index in [2.05, 4.69) is 42.2 Å². The molecule has 1 heterocycles. The van der Waals surface area contributed by atoms with Crippen LogP contribution < -0.4 is 4.72 Å². The monoisotopic (exact) mass is 227 g/mol. The molecule has 14 heavy (non-hydrogen) atoms. The first-order chi connectivity index (χ1) is 6.71. The lowest BCUT2D eigenvalue weighted by molar-refractivity contribution is 0.489. The molecule has 1 aliphatic carbocycles. The lowest BCUT2D eigenvalue weighted by Gasteiger charge is -2.21. The summed E-state index contributed by atoms with van der Waals surface area (Å²) in [6.07, 6.45) is 6.81. The second-order valence-electron chi connectivity index (χ2n) is 4.25. The van der Waals surface area contributed by atoms with Crippen molar-refractivity contribution in [3.8, 4) is 0 Å². The van der Waals surface area contributed by atoms with E-state index in [4.69, 9.17) is 12.6 Å². The van der Waals surface area contributed by atoms with E-state index in [0.717, 1.165) is 6.54 Å². The smallest absolute Gasteiger partial charge is 0.0217 e. The molecule has 0 bridgehead atoms. The highest BCUT2D eigenvalue weighted by molar-refractivity contribution is 8.00. The van der Waals surface area contributed by atoms with Crippen LogP contribution in [0.1, 0.15) is 13.8 Å². The van der Waals surface area contributed by atoms with E-state index in [1.807, 2.05) is 0 Å². The summed E-state index contributed by atoms with van der Waals surface area (Å²) in [5.41, 5.74) is 0.361. The van der Waals surface area contributed by atoms with Gasteiger partial charge >= 0.3 is 0 Å². The molecule has 1 fully saturated rings. The van der Waals surface area contributed by atoms with Crippen LogP contribution in [0.4, 0.5) is 0 Å². The van der Waals surface area contributed by atoms with Crippen LogP contribution in [0.5, 0.6) is 0 Å². The van der Waals surface area contributed by atoms with E-state index >= 15 is 0 Å². The lowest BCUT2D eigenvalue weighted by atomic mass is 9.99. The Bertz CT molecular complexity index is 274. The van der Waals surface area contributed by atoms with Crippen molar-refractivity contribution in [2.75, 3.05) is 6.54 Å². The Balaban J connectivity index is 2.19. The van der Waals surface area contributed by atoms with E-state index in [-0.39, 0.29) is 0 Å². The molecule has 1 aliphatic heterocycles. The summed E-state index contributed by atoms with van der Waals surface area (Å²) in [7, 11) is 0. The third-order valence-corrected chi connectivity index (χ3v) is 4.91. The van der Waals surface area contributed by atoms with Crippen molar-refractivity contribution in [1.29, 1.82) is 0 Å². The van der Waals surface area contributed by atoms with Crippen LogP contribution in [-0.2, 0) is 0 Å². The van der Waals surface area contributed by atoms with Crippen molar-refractivity contribution < 1.29 is 0 Å². The van der Waals surface area contributed by atoms with Crippen LogP contribution in [-0.4, -0.2) is 11.8 Å². The summed E-state index contributed by atoms with van der Waals surface area (Å²) in [6.45, 7) is 5.43. The van der Waals surface area contributed by atoms with Gasteiger partial charge in [0.2, 0.25) is 0 Å². The van der Waals surface area contributed by atoms with Gasteiger partial charge in [-0.05, 0) is 29.6 Å². The molecule has 4 unspecified atom stereocenters. The molecule has 1 saturated carbocycles. The standard InChI is InChI=1S/C11H17NS2/c1-3-4-8-9-5-6-14-12-7-10(13)11(8,9)2/h3-6,8-10,12-13H,7H2,1-2H3/b4-3-,6-5+. The highest BCUT2D eigenvalue weighted by Crippen LogP contribution is 2.63. The fourth-order valence-electron chi connectivity index (χ4n) is 2.43. The number of hydrogen-bond acceptors (Lipinski definition) is 3. The van der Waals surface area contributed by atoms with Crippen molar-refractivity contribution in [2.24, 2.45) is 17.3 Å². The van der Waals surface area contributed by atoms with Gasteiger partial charge in [-0.25, -0.2) is 0 Å². The molecule has 2 rings (SSSR count). The zero-order valence-corrected chi connectivity index (χ0v) is 10.3. The van der Waals surface area contributed by atoms with Crippen LogP contribution in [0, 0.1) is 17.3 Å². The van der Waals surface area contributed by atoms with E-state index < -0.39 is 0 Å². The van der Waals surface area contributed by atoms with E-state index in [9.17, 15) is 0 Å². The fourth-order valence-corrected chi connectivity index (χ4v) is 3.59. The van der Waals surface area contributed by atoms with E-state index in [1.54, 1.807) is 11.9 Å². The van der Waals surface area contributed by atoms with Crippen molar-refractivity contribution in [3.63, 3.8) is 0 Å². The molecular weight excluding hydrogens is 210 g/mol. The summed E-state index contributed by atoms with van der Waals surface area (Å²) >= 11 is 6.39. The van der Waals surface area contributed by atoms with Crippen molar-refractivity contribution in [1.82, 2.24) is 4.72 Å². The molecule has 1 N–H and O–H groups in total. The summed E-state index contributed by atoms with van der Waals surface area (Å²) in [6, 6.07) is 0. The molecule has 0 aromatic heterocycles. The third kappa shape index (κ3) is 1.55. The maximum atomic E-state index is 4.71. The first kappa shape index (κ1) is 10.7. The summed E-state index contributed by atoms with van der Waals surface area (Å²) in [4.78, 5) is 0. The van der Waals surface area contributed by atoms with Gasteiger partial charge in [-0.1, -0.05) is 37.1 Å². The summed E-state index contributed by atoms with van der Waals surface area (Å²) < 4.78 is 3.31. The summed E-state index contributed by atoms with van der Waals surface area (Å²) in [5, 5.41) is 2.62. The molecule has 0 aromatic carbocycles. The maximum absolute atomic E-state index is 4.71. The molecular formula is C11H17NS2. The van der Waals surface area contributed by atoms with Crippen molar-refractivity contribution >= 4 is 24.6 Å². The molecule has 0 radical (unpaired) electrons. The second kappa shape index (κ2) is 3.95. The molecule has 78 valence electrons. The molecule has 0 saturated heterocycles. The molecule has 2 aliphatic rings. The topological polar surface area (TPSA) is 12.0 Å². The van der Waals surface area contributed by atoms with Gasteiger partial charge < -0.3 is 0 Å². The van der Waals surface area contributed by atoms with Crippen molar-refractivity contribution in [3.05, 3.63) is 23.6 Å². The fraction of sp³-hybridized carbons (Fsp3) is 0.636. The number of hydrogen-bond donors (Lipinski definition) is 2. The van der Waals surface area contributed by atoms with Crippen LogP contribution >= 0.6 is 24.6 Å². The quantitative estimate of drug-likeness (QED) is 0.406. The predicted octanol–water partition coefficient (Wildman–Crippen LogP) is 2.88. The minimum absolute atomic E-state index is 0.361. The Kier molecular flexibility index (Phi) is 3.01. The zero-order chi connectivity index (χ0) is 10.2. The maximum Gasteiger partial charge on any atom is 0.0217 e. The van der Waals surface area contributed by atoms with Gasteiger partial charge in [0.25, 0.3) is 0 Å². The molecule has 3 heteroatoms. The van der Waals surface area contributed by atoms with Crippen LogP contribution in [0.2, 0.25) is 0 Å². The first-order valence-corrected chi connectivity index (χ1v) is 6.47. The average molecular weight is 227 g/mol. The molecule has 0 spiro atoms. The zero-order valence-electron chi connectivity index (χ0n) is 8.60.